The van der Waals surface area contributed by atoms with E-state index < -0.39 is 16.0 Å². The van der Waals surface area contributed by atoms with E-state index in [-0.39, 0.29) is 6.42 Å². The summed E-state index contributed by atoms with van der Waals surface area (Å²) in [5.74, 6) is -0.803. The number of carboxylic acids is 1. The number of aryl methyl sites for hydroxylation is 3. The fourth-order valence-electron chi connectivity index (χ4n) is 3.72. The summed E-state index contributed by atoms with van der Waals surface area (Å²) >= 11 is 7.41. The van der Waals surface area contributed by atoms with Crippen LogP contribution in [0.25, 0.3) is 10.1 Å². The van der Waals surface area contributed by atoms with Crippen molar-refractivity contribution >= 4 is 49.0 Å². The summed E-state index contributed by atoms with van der Waals surface area (Å²) in [6.45, 7) is 4.75. The molecule has 0 aliphatic carbocycles. The molecule has 0 aliphatic rings. The number of aliphatic carboxylic acids is 1. The van der Waals surface area contributed by atoms with E-state index >= 15 is 0 Å². The predicted molar refractivity (Wildman–Crippen MR) is 131 cm³/mol. The second-order valence-electron chi connectivity index (χ2n) is 7.87. The van der Waals surface area contributed by atoms with Crippen LogP contribution in [0, 0.1) is 6.92 Å². The number of fused-ring (bicyclic) bond motifs is 1. The number of sulfonamides is 1. The molecule has 0 atom stereocenters. The minimum absolute atomic E-state index is 0.118. The SMILES string of the molecule is CCCN(CCCc1ccc(CCC(=O)O)cc1)S(=O)(=O)c1sc2ccc(Cl)cc2c1C. The predicted octanol–water partition coefficient (Wildman–Crippen LogP) is 5.91. The van der Waals surface area contributed by atoms with E-state index in [0.717, 1.165) is 39.6 Å². The second-order valence-corrected chi connectivity index (χ2v) is 11.5. The first-order valence-corrected chi connectivity index (χ1v) is 13.3. The van der Waals surface area contributed by atoms with Crippen molar-refractivity contribution < 1.29 is 18.3 Å². The maximum atomic E-state index is 13.5. The summed E-state index contributed by atoms with van der Waals surface area (Å²) < 4.78 is 29.8. The zero-order valence-electron chi connectivity index (χ0n) is 18.3. The lowest BCUT2D eigenvalue weighted by Gasteiger charge is -2.21. The van der Waals surface area contributed by atoms with Crippen LogP contribution >= 0.6 is 22.9 Å². The van der Waals surface area contributed by atoms with Crippen LogP contribution in [0.3, 0.4) is 0 Å². The number of halogens is 1. The molecule has 0 amide bonds. The molecule has 0 saturated carbocycles. The molecule has 2 aromatic carbocycles. The Bertz CT molecular complexity index is 1190. The number of hydrogen-bond acceptors (Lipinski definition) is 4. The fraction of sp³-hybridized carbons (Fsp3) is 0.375. The molecule has 32 heavy (non-hydrogen) atoms. The monoisotopic (exact) mass is 493 g/mol. The Morgan fingerprint density at radius 2 is 1.72 bits per heavy atom. The van der Waals surface area contributed by atoms with Gasteiger partial charge in [-0.15, -0.1) is 11.3 Å². The molecule has 0 unspecified atom stereocenters. The third-order valence-corrected chi connectivity index (χ3v) is 9.43. The van der Waals surface area contributed by atoms with E-state index in [9.17, 15) is 13.2 Å². The molecule has 0 aliphatic heterocycles. The summed E-state index contributed by atoms with van der Waals surface area (Å²) in [6, 6.07) is 13.4. The number of benzene rings is 2. The van der Waals surface area contributed by atoms with Gasteiger partial charge in [0.25, 0.3) is 10.0 Å². The van der Waals surface area contributed by atoms with Gasteiger partial charge in [0.1, 0.15) is 4.21 Å². The summed E-state index contributed by atoms with van der Waals surface area (Å²) in [7, 11) is -3.59. The molecule has 1 aromatic heterocycles. The molecule has 1 N–H and O–H groups in total. The first-order valence-electron chi connectivity index (χ1n) is 10.7. The Balaban J connectivity index is 1.70. The molecule has 8 heteroatoms. The minimum Gasteiger partial charge on any atom is -0.481 e. The lowest BCUT2D eigenvalue weighted by molar-refractivity contribution is -0.136. The van der Waals surface area contributed by atoms with Crippen LogP contribution in [0.2, 0.25) is 5.02 Å². The number of carboxylic acid groups (broad SMARTS) is 1. The number of nitrogens with zero attached hydrogens (tertiary/aromatic N) is 1. The van der Waals surface area contributed by atoms with Crippen molar-refractivity contribution in [1.29, 1.82) is 0 Å². The minimum atomic E-state index is -3.59. The lowest BCUT2D eigenvalue weighted by atomic mass is 10.0. The maximum absolute atomic E-state index is 13.5. The number of thiophene rings is 1. The summed E-state index contributed by atoms with van der Waals surface area (Å²) in [6.07, 6.45) is 2.84. The molecule has 1 heterocycles. The van der Waals surface area contributed by atoms with Gasteiger partial charge in [-0.3, -0.25) is 4.79 Å². The Labute approximate surface area is 198 Å². The molecule has 3 rings (SSSR count). The third kappa shape index (κ3) is 5.90. The van der Waals surface area contributed by atoms with Gasteiger partial charge in [0.15, 0.2) is 0 Å². The van der Waals surface area contributed by atoms with Crippen LogP contribution in [0.5, 0.6) is 0 Å². The van der Waals surface area contributed by atoms with Crippen molar-refractivity contribution in [2.45, 2.75) is 50.2 Å². The van der Waals surface area contributed by atoms with Gasteiger partial charge < -0.3 is 5.11 Å². The molecule has 3 aromatic rings. The Hall–Kier alpha value is -1.93. The largest absolute Gasteiger partial charge is 0.481 e. The van der Waals surface area contributed by atoms with Crippen LogP contribution in [-0.4, -0.2) is 36.9 Å². The molecular formula is C24H28ClNO4S2. The van der Waals surface area contributed by atoms with E-state index in [0.29, 0.717) is 35.2 Å². The van der Waals surface area contributed by atoms with Crippen LogP contribution in [0.15, 0.2) is 46.7 Å². The van der Waals surface area contributed by atoms with Crippen LogP contribution < -0.4 is 0 Å². The van der Waals surface area contributed by atoms with Crippen molar-refractivity contribution in [2.24, 2.45) is 0 Å². The van der Waals surface area contributed by atoms with Gasteiger partial charge in [-0.25, -0.2) is 8.42 Å². The van der Waals surface area contributed by atoms with Crippen molar-refractivity contribution in [3.63, 3.8) is 0 Å². The van der Waals surface area contributed by atoms with Gasteiger partial charge >= 0.3 is 5.97 Å². The van der Waals surface area contributed by atoms with E-state index in [1.54, 1.807) is 10.4 Å². The smallest absolute Gasteiger partial charge is 0.303 e. The summed E-state index contributed by atoms with van der Waals surface area (Å²) in [5.41, 5.74) is 2.86. The van der Waals surface area contributed by atoms with Crippen molar-refractivity contribution in [2.75, 3.05) is 13.1 Å². The molecule has 0 spiro atoms. The second kappa shape index (κ2) is 10.8. The zero-order chi connectivity index (χ0) is 23.3. The summed E-state index contributed by atoms with van der Waals surface area (Å²) in [5, 5.41) is 10.3. The molecular weight excluding hydrogens is 466 g/mol. The van der Waals surface area contributed by atoms with E-state index in [1.807, 2.05) is 50.2 Å². The Morgan fingerprint density at radius 3 is 2.34 bits per heavy atom. The van der Waals surface area contributed by atoms with Gasteiger partial charge in [0, 0.05) is 29.2 Å². The standard InChI is InChI=1S/C24H28ClNO4S2/c1-3-14-26(15-4-5-18-6-8-19(9-7-18)10-13-23(27)28)32(29,30)24-17(2)21-16-20(25)11-12-22(21)31-24/h6-9,11-12,16H,3-5,10,13-15H2,1-2H3,(H,27,28). The fourth-order valence-corrected chi connectivity index (χ4v) is 7.34. The number of rotatable bonds is 11. The van der Waals surface area contributed by atoms with E-state index in [4.69, 9.17) is 16.7 Å². The molecule has 172 valence electrons. The zero-order valence-corrected chi connectivity index (χ0v) is 20.7. The lowest BCUT2D eigenvalue weighted by Crippen LogP contribution is -2.33. The third-order valence-electron chi connectivity index (χ3n) is 5.43. The number of hydrogen-bond donors (Lipinski definition) is 1. The van der Waals surface area contributed by atoms with Crippen molar-refractivity contribution in [3.05, 3.63) is 64.2 Å². The molecule has 5 nitrogen and oxygen atoms in total. The Kier molecular flexibility index (Phi) is 8.33. The quantitative estimate of drug-likeness (QED) is 0.360. The molecule has 0 radical (unpaired) electrons. The van der Waals surface area contributed by atoms with Crippen LogP contribution in [-0.2, 0) is 27.7 Å². The average Bonchev–Trinajstić information content (AvgIpc) is 3.09. The highest BCUT2D eigenvalue weighted by Gasteiger charge is 2.28. The highest BCUT2D eigenvalue weighted by atomic mass is 35.5. The summed E-state index contributed by atoms with van der Waals surface area (Å²) in [4.78, 5) is 10.7. The van der Waals surface area contributed by atoms with Crippen LogP contribution in [0.4, 0.5) is 0 Å². The maximum Gasteiger partial charge on any atom is 0.303 e. The van der Waals surface area contributed by atoms with E-state index in [1.165, 1.54) is 11.3 Å². The average molecular weight is 494 g/mol. The highest BCUT2D eigenvalue weighted by molar-refractivity contribution is 7.91. The Morgan fingerprint density at radius 1 is 1.06 bits per heavy atom. The van der Waals surface area contributed by atoms with Crippen LogP contribution in [0.1, 0.15) is 42.9 Å². The van der Waals surface area contributed by atoms with Gasteiger partial charge in [0.2, 0.25) is 0 Å². The first kappa shape index (κ1) is 24.7. The first-order chi connectivity index (χ1) is 15.2. The van der Waals surface area contributed by atoms with Crippen molar-refractivity contribution in [1.82, 2.24) is 4.31 Å². The van der Waals surface area contributed by atoms with Crippen molar-refractivity contribution in [3.8, 4) is 0 Å². The van der Waals surface area contributed by atoms with E-state index in [2.05, 4.69) is 0 Å². The molecule has 0 bridgehead atoms. The highest BCUT2D eigenvalue weighted by Crippen LogP contribution is 2.37. The van der Waals surface area contributed by atoms with Gasteiger partial charge in [-0.2, -0.15) is 4.31 Å². The van der Waals surface area contributed by atoms with Gasteiger partial charge in [-0.05, 0) is 72.9 Å². The topological polar surface area (TPSA) is 74.7 Å². The number of carbonyl (C=O) groups is 1. The van der Waals surface area contributed by atoms with Gasteiger partial charge in [0.05, 0.1) is 0 Å². The molecule has 0 fully saturated rings. The van der Waals surface area contributed by atoms with Gasteiger partial charge in [-0.1, -0.05) is 42.8 Å². The molecule has 0 saturated heterocycles. The normalized spacial score (nSPS) is 12.0.